The summed E-state index contributed by atoms with van der Waals surface area (Å²) in [7, 11) is 1.62. The maximum atomic E-state index is 12.6. The molecule has 1 saturated heterocycles. The van der Waals surface area contributed by atoms with Crippen LogP contribution >= 0.6 is 0 Å². The topological polar surface area (TPSA) is 108 Å². The van der Waals surface area contributed by atoms with Gasteiger partial charge in [-0.05, 0) is 42.8 Å². The molecule has 1 amide bonds. The van der Waals surface area contributed by atoms with Gasteiger partial charge in [0.1, 0.15) is 17.6 Å². The Morgan fingerprint density at radius 1 is 1.19 bits per heavy atom. The average Bonchev–Trinajstić information content (AvgIpc) is 3.33. The number of ether oxygens (including phenoxy) is 1. The molecule has 0 bridgehead atoms. The largest absolute Gasteiger partial charge is 0.497 e. The Hall–Kier alpha value is -3.93. The van der Waals surface area contributed by atoms with Gasteiger partial charge in [-0.15, -0.1) is 0 Å². The minimum Gasteiger partial charge on any atom is -0.497 e. The van der Waals surface area contributed by atoms with E-state index in [9.17, 15) is 10.1 Å². The van der Waals surface area contributed by atoms with Gasteiger partial charge in [0.25, 0.3) is 0 Å². The number of aryl methyl sites for hydroxylation is 1. The molecule has 9 heteroatoms. The molecule has 9 nitrogen and oxygen atoms in total. The summed E-state index contributed by atoms with van der Waals surface area (Å²) >= 11 is 0. The van der Waals surface area contributed by atoms with E-state index in [-0.39, 0.29) is 5.91 Å². The summed E-state index contributed by atoms with van der Waals surface area (Å²) in [5.41, 5.74) is 1.41. The lowest BCUT2D eigenvalue weighted by molar-refractivity contribution is -0.131. The van der Waals surface area contributed by atoms with Gasteiger partial charge in [-0.3, -0.25) is 4.79 Å². The molecule has 1 aliphatic rings. The van der Waals surface area contributed by atoms with Gasteiger partial charge >= 0.3 is 0 Å². The lowest BCUT2D eigenvalue weighted by atomic mass is 10.2. The highest BCUT2D eigenvalue weighted by molar-refractivity contribution is 5.76. The summed E-state index contributed by atoms with van der Waals surface area (Å²) in [4.78, 5) is 25.3. The van der Waals surface area contributed by atoms with Gasteiger partial charge in [0, 0.05) is 50.8 Å². The average molecular weight is 432 g/mol. The standard InChI is InChI=1S/C23H24N6O3/c1-31-19-9-7-17(8-10-19)22-26-20(32-27-22)5-2-6-21(30)28-12-14-29(15-13-28)23-18(16-24)4-3-11-25-23/h3-4,7-11H,2,5-6,12-15H2,1H3. The molecule has 2 aromatic heterocycles. The first-order valence-corrected chi connectivity index (χ1v) is 10.5. The minimum absolute atomic E-state index is 0.112. The number of methoxy groups -OCH3 is 1. The third-order valence-corrected chi connectivity index (χ3v) is 5.44. The molecule has 0 unspecified atom stereocenters. The Morgan fingerprint density at radius 2 is 1.97 bits per heavy atom. The number of amides is 1. The second-order valence-electron chi connectivity index (χ2n) is 7.45. The van der Waals surface area contributed by atoms with Gasteiger partial charge in [0.15, 0.2) is 0 Å². The molecular formula is C23H24N6O3. The Bertz CT molecular complexity index is 1100. The third-order valence-electron chi connectivity index (χ3n) is 5.44. The van der Waals surface area contributed by atoms with Crippen LogP contribution in [0.15, 0.2) is 47.1 Å². The molecule has 0 N–H and O–H groups in total. The molecule has 1 aromatic carbocycles. The highest BCUT2D eigenvalue weighted by atomic mass is 16.5. The second-order valence-corrected chi connectivity index (χ2v) is 7.45. The summed E-state index contributed by atoms with van der Waals surface area (Å²) < 4.78 is 10.5. The van der Waals surface area contributed by atoms with E-state index in [0.29, 0.717) is 68.5 Å². The van der Waals surface area contributed by atoms with Crippen LogP contribution in [-0.2, 0) is 11.2 Å². The number of benzene rings is 1. The van der Waals surface area contributed by atoms with Crippen LogP contribution in [0.4, 0.5) is 5.82 Å². The van der Waals surface area contributed by atoms with Gasteiger partial charge in [-0.2, -0.15) is 10.2 Å². The molecule has 0 radical (unpaired) electrons. The summed E-state index contributed by atoms with van der Waals surface area (Å²) in [5, 5.41) is 13.3. The van der Waals surface area contributed by atoms with Crippen LogP contribution in [0.3, 0.4) is 0 Å². The van der Waals surface area contributed by atoms with Gasteiger partial charge in [0.2, 0.25) is 17.6 Å². The van der Waals surface area contributed by atoms with Gasteiger partial charge < -0.3 is 19.1 Å². The maximum Gasteiger partial charge on any atom is 0.226 e. The molecule has 0 saturated carbocycles. The Morgan fingerprint density at radius 3 is 2.69 bits per heavy atom. The van der Waals surface area contributed by atoms with E-state index < -0.39 is 0 Å². The van der Waals surface area contributed by atoms with Crippen molar-refractivity contribution in [2.45, 2.75) is 19.3 Å². The number of piperazine rings is 1. The molecule has 1 fully saturated rings. The van der Waals surface area contributed by atoms with Crippen molar-refractivity contribution in [3.63, 3.8) is 0 Å². The molecule has 0 spiro atoms. The van der Waals surface area contributed by atoms with E-state index in [1.807, 2.05) is 29.2 Å². The zero-order valence-electron chi connectivity index (χ0n) is 17.9. The first-order valence-electron chi connectivity index (χ1n) is 10.5. The molecule has 4 rings (SSSR count). The highest BCUT2D eigenvalue weighted by Crippen LogP contribution is 2.21. The number of aromatic nitrogens is 3. The van der Waals surface area contributed by atoms with Crippen molar-refractivity contribution in [3.05, 3.63) is 54.0 Å². The van der Waals surface area contributed by atoms with Crippen molar-refractivity contribution in [1.29, 1.82) is 5.26 Å². The van der Waals surface area contributed by atoms with Crippen molar-refractivity contribution >= 4 is 11.7 Å². The Labute approximate surface area is 186 Å². The van der Waals surface area contributed by atoms with E-state index >= 15 is 0 Å². The van der Waals surface area contributed by atoms with Gasteiger partial charge in [-0.1, -0.05) is 5.16 Å². The zero-order valence-corrected chi connectivity index (χ0v) is 17.9. The summed E-state index contributed by atoms with van der Waals surface area (Å²) in [5.74, 6) is 2.61. The SMILES string of the molecule is COc1ccc(-c2noc(CCCC(=O)N3CCN(c4ncccc4C#N)CC3)n2)cc1. The molecule has 0 aliphatic carbocycles. The lowest BCUT2D eigenvalue weighted by Crippen LogP contribution is -2.49. The number of rotatable bonds is 7. The summed E-state index contributed by atoms with van der Waals surface area (Å²) in [6.07, 6.45) is 3.30. The molecule has 3 aromatic rings. The van der Waals surface area contributed by atoms with Crippen LogP contribution in [0.2, 0.25) is 0 Å². The fourth-order valence-corrected chi connectivity index (χ4v) is 3.67. The minimum atomic E-state index is 0.112. The molecular weight excluding hydrogens is 408 g/mol. The van der Waals surface area contributed by atoms with Crippen molar-refractivity contribution in [2.24, 2.45) is 0 Å². The monoisotopic (exact) mass is 432 g/mol. The van der Waals surface area contributed by atoms with Crippen molar-refractivity contribution in [2.75, 3.05) is 38.2 Å². The summed E-state index contributed by atoms with van der Waals surface area (Å²) in [6, 6.07) is 13.1. The molecule has 1 aliphatic heterocycles. The summed E-state index contributed by atoms with van der Waals surface area (Å²) in [6.45, 7) is 2.55. The number of nitrogens with zero attached hydrogens (tertiary/aromatic N) is 6. The lowest BCUT2D eigenvalue weighted by Gasteiger charge is -2.35. The zero-order chi connectivity index (χ0) is 22.3. The van der Waals surface area contributed by atoms with Crippen LogP contribution in [0.25, 0.3) is 11.4 Å². The fraction of sp³-hybridized carbons (Fsp3) is 0.348. The van der Waals surface area contributed by atoms with Gasteiger partial charge in [-0.25, -0.2) is 4.98 Å². The van der Waals surface area contributed by atoms with E-state index in [1.165, 1.54) is 0 Å². The number of anilines is 1. The van der Waals surface area contributed by atoms with Crippen LogP contribution in [0.5, 0.6) is 5.75 Å². The normalized spacial score (nSPS) is 13.6. The van der Waals surface area contributed by atoms with E-state index in [4.69, 9.17) is 9.26 Å². The quantitative estimate of drug-likeness (QED) is 0.561. The third kappa shape index (κ3) is 4.86. The molecule has 32 heavy (non-hydrogen) atoms. The van der Waals surface area contributed by atoms with Crippen LogP contribution < -0.4 is 9.64 Å². The highest BCUT2D eigenvalue weighted by Gasteiger charge is 2.23. The van der Waals surface area contributed by atoms with Crippen LogP contribution in [0, 0.1) is 11.3 Å². The molecule has 0 atom stereocenters. The molecule has 3 heterocycles. The Balaban J connectivity index is 1.24. The first kappa shape index (κ1) is 21.3. The number of pyridine rings is 1. The number of nitriles is 1. The van der Waals surface area contributed by atoms with Crippen LogP contribution in [-0.4, -0.2) is 59.2 Å². The van der Waals surface area contributed by atoms with Crippen LogP contribution in [0.1, 0.15) is 24.3 Å². The smallest absolute Gasteiger partial charge is 0.226 e. The fourth-order valence-electron chi connectivity index (χ4n) is 3.67. The van der Waals surface area contributed by atoms with E-state index in [0.717, 1.165) is 11.3 Å². The molecule has 164 valence electrons. The maximum absolute atomic E-state index is 12.6. The van der Waals surface area contributed by atoms with E-state index in [1.54, 1.807) is 25.4 Å². The predicted molar refractivity (Wildman–Crippen MR) is 117 cm³/mol. The van der Waals surface area contributed by atoms with Crippen molar-refractivity contribution in [3.8, 4) is 23.2 Å². The van der Waals surface area contributed by atoms with E-state index in [2.05, 4.69) is 26.1 Å². The van der Waals surface area contributed by atoms with Crippen molar-refractivity contribution < 1.29 is 14.1 Å². The number of carbonyl (C=O) groups excluding carboxylic acids is 1. The first-order chi connectivity index (χ1) is 15.7. The number of carbonyl (C=O) groups is 1. The Kier molecular flexibility index (Phi) is 6.60. The number of hydrogen-bond acceptors (Lipinski definition) is 8. The predicted octanol–water partition coefficient (Wildman–Crippen LogP) is 2.68. The number of hydrogen-bond donors (Lipinski definition) is 0. The second kappa shape index (κ2) is 9.92. The van der Waals surface area contributed by atoms with Crippen molar-refractivity contribution in [1.82, 2.24) is 20.0 Å². The van der Waals surface area contributed by atoms with Gasteiger partial charge in [0.05, 0.1) is 12.7 Å².